The van der Waals surface area contributed by atoms with E-state index in [1.54, 1.807) is 15.9 Å². The van der Waals surface area contributed by atoms with Crippen LogP contribution < -0.4 is 5.84 Å². The number of rotatable bonds is 1. The molecule has 0 saturated carbocycles. The lowest BCUT2D eigenvalue weighted by Crippen LogP contribution is -2.36. The molecule has 0 atom stereocenters. The Morgan fingerprint density at radius 2 is 2.38 bits per heavy atom. The van der Waals surface area contributed by atoms with E-state index >= 15 is 0 Å². The molecule has 70 valence electrons. The van der Waals surface area contributed by atoms with Crippen molar-refractivity contribution < 1.29 is 0 Å². The number of hydrazine groups is 1. The molecule has 2 rings (SSSR count). The zero-order valence-electron chi connectivity index (χ0n) is 7.24. The quantitative estimate of drug-likeness (QED) is 0.714. The summed E-state index contributed by atoms with van der Waals surface area (Å²) in [5, 5.41) is 5.74. The fraction of sp³-hybridized carbons (Fsp3) is 0.429. The van der Waals surface area contributed by atoms with Gasteiger partial charge in [-0.25, -0.2) is 5.84 Å². The molecule has 1 aliphatic rings. The first kappa shape index (κ1) is 8.71. The third kappa shape index (κ3) is 1.36. The van der Waals surface area contributed by atoms with Crippen molar-refractivity contribution in [3.05, 3.63) is 16.4 Å². The Kier molecular flexibility index (Phi) is 2.09. The molecule has 0 aromatic carbocycles. The highest BCUT2D eigenvalue weighted by Gasteiger charge is 2.20. The number of hydrogen-bond donors (Lipinski definition) is 1. The minimum absolute atomic E-state index is 0.753. The molecule has 0 aliphatic carbocycles. The van der Waals surface area contributed by atoms with Crippen LogP contribution in [0, 0.1) is 0 Å². The third-order valence-corrected chi connectivity index (χ3v) is 2.56. The molecule has 0 fully saturated rings. The molecule has 0 amide bonds. The van der Waals surface area contributed by atoms with Gasteiger partial charge in [0.1, 0.15) is 5.69 Å². The van der Waals surface area contributed by atoms with Crippen LogP contribution in [0.15, 0.2) is 15.7 Å². The summed E-state index contributed by atoms with van der Waals surface area (Å²) in [5.74, 6) is 6.55. The number of halogens is 1. The maximum absolute atomic E-state index is 5.75. The second-order valence-electron chi connectivity index (χ2n) is 2.86. The average Bonchev–Trinajstić information content (AvgIpc) is 2.60. The van der Waals surface area contributed by atoms with Crippen molar-refractivity contribution in [3.8, 4) is 0 Å². The molecule has 0 unspecified atom stereocenters. The van der Waals surface area contributed by atoms with Gasteiger partial charge in [-0.05, 0) is 15.9 Å². The van der Waals surface area contributed by atoms with Gasteiger partial charge in [0.05, 0.1) is 23.8 Å². The van der Waals surface area contributed by atoms with Crippen LogP contribution in [0.3, 0.4) is 0 Å². The number of aryl methyl sites for hydroxylation is 1. The lowest BCUT2D eigenvalue weighted by molar-refractivity contribution is 0.481. The SMILES string of the molecule is Cn1ncc(Br)c1C1=NCCN1N. The van der Waals surface area contributed by atoms with Gasteiger partial charge in [-0.3, -0.25) is 14.7 Å². The van der Waals surface area contributed by atoms with E-state index in [0.29, 0.717) is 0 Å². The van der Waals surface area contributed by atoms with E-state index in [0.717, 1.165) is 29.1 Å². The first-order valence-corrected chi connectivity index (χ1v) is 4.74. The largest absolute Gasteiger partial charge is 0.291 e. The van der Waals surface area contributed by atoms with Gasteiger partial charge in [0.25, 0.3) is 0 Å². The summed E-state index contributed by atoms with van der Waals surface area (Å²) in [6.07, 6.45) is 1.74. The van der Waals surface area contributed by atoms with E-state index in [4.69, 9.17) is 5.84 Å². The van der Waals surface area contributed by atoms with Crippen LogP contribution >= 0.6 is 15.9 Å². The van der Waals surface area contributed by atoms with Crippen LogP contribution in [-0.2, 0) is 7.05 Å². The van der Waals surface area contributed by atoms with Crippen LogP contribution in [-0.4, -0.2) is 33.7 Å². The summed E-state index contributed by atoms with van der Waals surface area (Å²) in [7, 11) is 1.87. The van der Waals surface area contributed by atoms with Crippen molar-refractivity contribution in [3.63, 3.8) is 0 Å². The smallest absolute Gasteiger partial charge is 0.165 e. The van der Waals surface area contributed by atoms with E-state index < -0.39 is 0 Å². The summed E-state index contributed by atoms with van der Waals surface area (Å²) >= 11 is 3.41. The molecule has 0 bridgehead atoms. The molecule has 1 aromatic heterocycles. The van der Waals surface area contributed by atoms with Crippen molar-refractivity contribution in [2.45, 2.75) is 0 Å². The maximum atomic E-state index is 5.75. The number of nitrogens with two attached hydrogens (primary N) is 1. The van der Waals surface area contributed by atoms with E-state index in [2.05, 4.69) is 26.0 Å². The van der Waals surface area contributed by atoms with Crippen LogP contribution in [0.5, 0.6) is 0 Å². The van der Waals surface area contributed by atoms with E-state index in [-0.39, 0.29) is 0 Å². The van der Waals surface area contributed by atoms with Crippen LogP contribution in [0.2, 0.25) is 0 Å². The van der Waals surface area contributed by atoms with Gasteiger partial charge >= 0.3 is 0 Å². The molecule has 13 heavy (non-hydrogen) atoms. The Morgan fingerprint density at radius 3 is 2.85 bits per heavy atom. The zero-order chi connectivity index (χ0) is 9.42. The van der Waals surface area contributed by atoms with Gasteiger partial charge in [0.15, 0.2) is 5.84 Å². The Labute approximate surface area is 84.3 Å². The zero-order valence-corrected chi connectivity index (χ0v) is 8.82. The normalized spacial score (nSPS) is 16.5. The first-order chi connectivity index (χ1) is 6.20. The summed E-state index contributed by atoms with van der Waals surface area (Å²) in [4.78, 5) is 4.31. The minimum atomic E-state index is 0.753. The second kappa shape index (κ2) is 3.12. The lowest BCUT2D eigenvalue weighted by atomic mass is 10.4. The summed E-state index contributed by atoms with van der Waals surface area (Å²) in [5.41, 5.74) is 0.931. The number of aliphatic imine (C=N–C) groups is 1. The molecule has 0 spiro atoms. The first-order valence-electron chi connectivity index (χ1n) is 3.94. The average molecular weight is 244 g/mol. The number of amidine groups is 1. The van der Waals surface area contributed by atoms with Crippen molar-refractivity contribution in [2.75, 3.05) is 13.1 Å². The molecule has 0 saturated heterocycles. The molecule has 0 radical (unpaired) electrons. The van der Waals surface area contributed by atoms with E-state index in [9.17, 15) is 0 Å². The van der Waals surface area contributed by atoms with Gasteiger partial charge in [0, 0.05) is 7.05 Å². The molecular weight excluding hydrogens is 234 g/mol. The predicted octanol–water partition coefficient (Wildman–Crippen LogP) is 0.119. The summed E-state index contributed by atoms with van der Waals surface area (Å²) in [6, 6.07) is 0. The van der Waals surface area contributed by atoms with Crippen molar-refractivity contribution >= 4 is 21.8 Å². The highest BCUT2D eigenvalue weighted by molar-refractivity contribution is 9.10. The highest BCUT2D eigenvalue weighted by atomic mass is 79.9. The standard InChI is InChI=1S/C7H10BrN5/c1-12-6(5(8)4-11-12)7-10-2-3-13(7)9/h4H,2-3,9H2,1H3. The van der Waals surface area contributed by atoms with E-state index in [1.165, 1.54) is 0 Å². The highest BCUT2D eigenvalue weighted by Crippen LogP contribution is 2.18. The fourth-order valence-corrected chi connectivity index (χ4v) is 1.86. The van der Waals surface area contributed by atoms with Crippen LogP contribution in [0.1, 0.15) is 5.69 Å². The van der Waals surface area contributed by atoms with Gasteiger partial charge in [0.2, 0.25) is 0 Å². The molecule has 1 aliphatic heterocycles. The summed E-state index contributed by atoms with van der Waals surface area (Å²) in [6.45, 7) is 1.52. The number of aromatic nitrogens is 2. The van der Waals surface area contributed by atoms with Gasteiger partial charge in [-0.15, -0.1) is 0 Å². The molecule has 5 nitrogen and oxygen atoms in total. The topological polar surface area (TPSA) is 59.4 Å². The van der Waals surface area contributed by atoms with Gasteiger partial charge in [-0.1, -0.05) is 0 Å². The lowest BCUT2D eigenvalue weighted by Gasteiger charge is -2.13. The fourth-order valence-electron chi connectivity index (χ4n) is 1.33. The predicted molar refractivity (Wildman–Crippen MR) is 53.2 cm³/mol. The van der Waals surface area contributed by atoms with Crippen molar-refractivity contribution in [1.29, 1.82) is 0 Å². The molecular formula is C7H10BrN5. The summed E-state index contributed by atoms with van der Waals surface area (Å²) < 4.78 is 2.68. The van der Waals surface area contributed by atoms with Crippen LogP contribution in [0.4, 0.5) is 0 Å². The minimum Gasteiger partial charge on any atom is -0.291 e. The Hall–Kier alpha value is -0.880. The molecule has 6 heteroatoms. The van der Waals surface area contributed by atoms with Gasteiger partial charge < -0.3 is 0 Å². The molecule has 2 N–H and O–H groups in total. The number of hydrogen-bond acceptors (Lipinski definition) is 4. The van der Waals surface area contributed by atoms with Crippen LogP contribution in [0.25, 0.3) is 0 Å². The molecule has 2 heterocycles. The van der Waals surface area contributed by atoms with Gasteiger partial charge in [-0.2, -0.15) is 5.10 Å². The third-order valence-electron chi connectivity index (χ3n) is 1.98. The maximum Gasteiger partial charge on any atom is 0.165 e. The van der Waals surface area contributed by atoms with Crippen molar-refractivity contribution in [2.24, 2.45) is 17.9 Å². The van der Waals surface area contributed by atoms with E-state index in [1.807, 2.05) is 7.05 Å². The second-order valence-corrected chi connectivity index (χ2v) is 3.72. The Balaban J connectivity index is 2.45. The Morgan fingerprint density at radius 1 is 1.62 bits per heavy atom. The Bertz CT molecular complexity index is 336. The monoisotopic (exact) mass is 243 g/mol. The van der Waals surface area contributed by atoms with Crippen molar-refractivity contribution in [1.82, 2.24) is 14.8 Å². The molecule has 1 aromatic rings. The number of nitrogens with zero attached hydrogens (tertiary/aromatic N) is 4.